The second kappa shape index (κ2) is 5.36. The van der Waals surface area contributed by atoms with Crippen LogP contribution in [0.15, 0.2) is 11.6 Å². The van der Waals surface area contributed by atoms with E-state index in [4.69, 9.17) is 0 Å². The molecule has 2 bridgehead atoms. The molecule has 1 fully saturated rings. The van der Waals surface area contributed by atoms with Gasteiger partial charge in [-0.25, -0.2) is 0 Å². The molecule has 1 heteroatoms. The largest absolute Gasteiger partial charge is 0.311 e. The third kappa shape index (κ3) is 3.85. The van der Waals surface area contributed by atoms with E-state index in [0.717, 1.165) is 5.92 Å². The fraction of sp³-hybridized carbons (Fsp3) is 0.882. The molecule has 0 spiro atoms. The van der Waals surface area contributed by atoms with Crippen LogP contribution in [-0.2, 0) is 0 Å². The van der Waals surface area contributed by atoms with Gasteiger partial charge in [-0.1, -0.05) is 45.8 Å². The van der Waals surface area contributed by atoms with Gasteiger partial charge in [0.1, 0.15) is 0 Å². The highest BCUT2D eigenvalue weighted by molar-refractivity contribution is 5.22. The van der Waals surface area contributed by atoms with Crippen molar-refractivity contribution < 1.29 is 0 Å². The molecule has 0 radical (unpaired) electrons. The van der Waals surface area contributed by atoms with Crippen LogP contribution in [0.1, 0.15) is 72.6 Å². The van der Waals surface area contributed by atoms with Crippen LogP contribution in [0.2, 0.25) is 0 Å². The minimum absolute atomic E-state index is 0.453. The highest BCUT2D eigenvalue weighted by Crippen LogP contribution is 2.43. The summed E-state index contributed by atoms with van der Waals surface area (Å²) in [6.07, 6.45) is 11.9. The van der Waals surface area contributed by atoms with Gasteiger partial charge in [-0.15, -0.1) is 0 Å². The van der Waals surface area contributed by atoms with Crippen molar-refractivity contribution in [3.8, 4) is 0 Å². The number of hydrogen-bond donors (Lipinski definition) is 1. The highest BCUT2D eigenvalue weighted by Gasteiger charge is 2.39. The van der Waals surface area contributed by atoms with Crippen LogP contribution in [0, 0.1) is 11.3 Å². The SMILES string of the molecule is CC1CC2=CCC(NCCCCC(C)(C)C)(C2)C1. The smallest absolute Gasteiger partial charge is 0.0255 e. The molecule has 0 aromatic carbocycles. The highest BCUT2D eigenvalue weighted by atomic mass is 15.0. The lowest BCUT2D eigenvalue weighted by Crippen LogP contribution is -2.46. The lowest BCUT2D eigenvalue weighted by molar-refractivity contribution is 0.241. The number of hydrogen-bond acceptors (Lipinski definition) is 1. The number of fused-ring (bicyclic) bond motifs is 2. The zero-order chi connectivity index (χ0) is 13.2. The maximum absolute atomic E-state index is 3.89. The van der Waals surface area contributed by atoms with Gasteiger partial charge in [0.15, 0.2) is 0 Å². The fourth-order valence-electron chi connectivity index (χ4n) is 3.76. The average Bonchev–Trinajstić information content (AvgIpc) is 2.52. The van der Waals surface area contributed by atoms with Gasteiger partial charge in [0.05, 0.1) is 0 Å². The summed E-state index contributed by atoms with van der Waals surface area (Å²) in [6, 6.07) is 0. The lowest BCUT2D eigenvalue weighted by atomic mass is 9.77. The van der Waals surface area contributed by atoms with Crippen molar-refractivity contribution in [2.45, 2.75) is 78.2 Å². The molecule has 0 saturated heterocycles. The van der Waals surface area contributed by atoms with Crippen molar-refractivity contribution >= 4 is 0 Å². The van der Waals surface area contributed by atoms with Crippen molar-refractivity contribution in [3.05, 3.63) is 11.6 Å². The molecule has 2 unspecified atom stereocenters. The molecule has 0 aliphatic heterocycles. The molecular weight excluding hydrogens is 218 g/mol. The summed E-state index contributed by atoms with van der Waals surface area (Å²) in [6.45, 7) is 10.7. The van der Waals surface area contributed by atoms with Gasteiger partial charge in [0, 0.05) is 5.54 Å². The van der Waals surface area contributed by atoms with E-state index in [1.807, 2.05) is 0 Å². The zero-order valence-corrected chi connectivity index (χ0v) is 12.8. The Morgan fingerprint density at radius 1 is 1.33 bits per heavy atom. The second-order valence-electron chi connectivity index (χ2n) is 7.98. The van der Waals surface area contributed by atoms with Gasteiger partial charge >= 0.3 is 0 Å². The van der Waals surface area contributed by atoms with Crippen LogP contribution in [0.3, 0.4) is 0 Å². The normalized spacial score (nSPS) is 31.6. The third-order valence-corrected chi connectivity index (χ3v) is 4.55. The Labute approximate surface area is 113 Å². The molecule has 1 N–H and O–H groups in total. The van der Waals surface area contributed by atoms with Gasteiger partial charge in [-0.2, -0.15) is 0 Å². The molecule has 18 heavy (non-hydrogen) atoms. The Bertz CT molecular complexity index is 310. The quantitative estimate of drug-likeness (QED) is 0.551. The Morgan fingerprint density at radius 2 is 2.11 bits per heavy atom. The summed E-state index contributed by atoms with van der Waals surface area (Å²) in [4.78, 5) is 0. The lowest BCUT2D eigenvalue weighted by Gasteiger charge is -2.37. The number of unbranched alkanes of at least 4 members (excludes halogenated alkanes) is 1. The van der Waals surface area contributed by atoms with E-state index < -0.39 is 0 Å². The van der Waals surface area contributed by atoms with Gasteiger partial charge in [0.25, 0.3) is 0 Å². The van der Waals surface area contributed by atoms with Crippen molar-refractivity contribution in [1.82, 2.24) is 5.32 Å². The fourth-order valence-corrected chi connectivity index (χ4v) is 3.76. The molecule has 0 heterocycles. The van der Waals surface area contributed by atoms with Crippen LogP contribution in [0.25, 0.3) is 0 Å². The Hall–Kier alpha value is -0.300. The minimum Gasteiger partial charge on any atom is -0.311 e. The minimum atomic E-state index is 0.453. The van der Waals surface area contributed by atoms with Gasteiger partial charge in [0.2, 0.25) is 0 Å². The zero-order valence-electron chi connectivity index (χ0n) is 12.8. The first-order chi connectivity index (χ1) is 8.39. The summed E-state index contributed by atoms with van der Waals surface area (Å²) < 4.78 is 0. The monoisotopic (exact) mass is 249 g/mol. The first kappa shape index (κ1) is 14.1. The maximum atomic E-state index is 3.89. The molecular formula is C17H31N. The molecule has 2 rings (SSSR count). The van der Waals surface area contributed by atoms with Crippen LogP contribution >= 0.6 is 0 Å². The van der Waals surface area contributed by atoms with Crippen LogP contribution in [0.5, 0.6) is 0 Å². The second-order valence-corrected chi connectivity index (χ2v) is 7.98. The van der Waals surface area contributed by atoms with Crippen LogP contribution in [-0.4, -0.2) is 12.1 Å². The summed E-state index contributed by atoms with van der Waals surface area (Å²) in [5, 5.41) is 3.89. The van der Waals surface area contributed by atoms with E-state index >= 15 is 0 Å². The maximum Gasteiger partial charge on any atom is 0.0255 e. The van der Waals surface area contributed by atoms with Crippen molar-refractivity contribution in [2.24, 2.45) is 11.3 Å². The van der Waals surface area contributed by atoms with Gasteiger partial charge in [-0.3, -0.25) is 0 Å². The van der Waals surface area contributed by atoms with E-state index in [1.54, 1.807) is 5.57 Å². The first-order valence-corrected chi connectivity index (χ1v) is 7.82. The Morgan fingerprint density at radius 3 is 2.83 bits per heavy atom. The molecule has 2 aliphatic carbocycles. The molecule has 0 aromatic heterocycles. The summed E-state index contributed by atoms with van der Waals surface area (Å²) >= 11 is 0. The Balaban J connectivity index is 1.68. The number of rotatable bonds is 5. The van der Waals surface area contributed by atoms with E-state index in [9.17, 15) is 0 Å². The average molecular weight is 249 g/mol. The van der Waals surface area contributed by atoms with Crippen molar-refractivity contribution in [3.63, 3.8) is 0 Å². The summed E-state index contributed by atoms with van der Waals surface area (Å²) in [5.41, 5.74) is 2.67. The standard InChI is InChI=1S/C17H31N/c1-14-11-15-7-9-17(12-14,13-15)18-10-6-5-8-16(2,3)4/h7,14,18H,5-6,8-13H2,1-4H3. The van der Waals surface area contributed by atoms with E-state index in [2.05, 4.69) is 39.1 Å². The molecule has 1 saturated carbocycles. The molecule has 0 aromatic rings. The third-order valence-electron chi connectivity index (χ3n) is 4.55. The molecule has 2 aliphatic rings. The molecule has 1 nitrogen and oxygen atoms in total. The van der Waals surface area contributed by atoms with E-state index in [1.165, 1.54) is 51.5 Å². The van der Waals surface area contributed by atoms with Crippen LogP contribution < -0.4 is 5.32 Å². The van der Waals surface area contributed by atoms with Crippen LogP contribution in [0.4, 0.5) is 0 Å². The van der Waals surface area contributed by atoms with Crippen molar-refractivity contribution in [2.75, 3.05) is 6.54 Å². The van der Waals surface area contributed by atoms with Gasteiger partial charge in [-0.05, 0) is 56.4 Å². The Kier molecular flexibility index (Phi) is 4.21. The molecule has 104 valence electrons. The number of nitrogens with one attached hydrogen (secondary N) is 1. The molecule has 2 atom stereocenters. The van der Waals surface area contributed by atoms with Crippen molar-refractivity contribution in [1.29, 1.82) is 0 Å². The topological polar surface area (TPSA) is 12.0 Å². The molecule has 0 amide bonds. The predicted molar refractivity (Wildman–Crippen MR) is 79.8 cm³/mol. The van der Waals surface area contributed by atoms with E-state index in [-0.39, 0.29) is 0 Å². The first-order valence-electron chi connectivity index (χ1n) is 7.82. The van der Waals surface area contributed by atoms with E-state index in [0.29, 0.717) is 11.0 Å². The summed E-state index contributed by atoms with van der Waals surface area (Å²) in [7, 11) is 0. The predicted octanol–water partition coefficient (Wildman–Crippen LogP) is 4.68. The summed E-state index contributed by atoms with van der Waals surface area (Å²) in [5.74, 6) is 0.884. The van der Waals surface area contributed by atoms with Gasteiger partial charge < -0.3 is 5.32 Å².